The molecule has 21 heavy (non-hydrogen) atoms. The normalized spacial score (nSPS) is 11.1. The summed E-state index contributed by atoms with van der Waals surface area (Å²) in [5, 5.41) is 8.91. The molecule has 0 radical (unpaired) electrons. The summed E-state index contributed by atoms with van der Waals surface area (Å²) in [6.07, 6.45) is 0. The Morgan fingerprint density at radius 2 is 1.90 bits per heavy atom. The van der Waals surface area contributed by atoms with Gasteiger partial charge in [-0.15, -0.1) is 0 Å². The molecule has 0 saturated carbocycles. The van der Waals surface area contributed by atoms with Crippen molar-refractivity contribution in [2.45, 2.75) is 26.3 Å². The summed E-state index contributed by atoms with van der Waals surface area (Å²) >= 11 is 6.67. The molecule has 0 fully saturated rings. The highest BCUT2D eigenvalue weighted by atomic mass is 79.9. The Bertz CT molecular complexity index is 540. The minimum Gasteiger partial charge on any atom is -0.483 e. The molecule has 1 rings (SSSR count). The van der Waals surface area contributed by atoms with Crippen molar-refractivity contribution in [3.05, 3.63) is 27.1 Å². The van der Waals surface area contributed by atoms with Gasteiger partial charge >= 0.3 is 5.97 Å². The summed E-state index contributed by atoms with van der Waals surface area (Å²) in [4.78, 5) is 24.3. The highest BCUT2D eigenvalue weighted by Crippen LogP contribution is 2.28. The predicted molar refractivity (Wildman–Crippen MR) is 86.4 cm³/mol. The Balaban J connectivity index is 2.76. The Hall–Kier alpha value is -1.08. The molecular weight excluding hydrogens is 406 g/mol. The van der Waals surface area contributed by atoms with Crippen molar-refractivity contribution in [1.29, 1.82) is 0 Å². The molecule has 7 heteroatoms. The van der Waals surface area contributed by atoms with Crippen LogP contribution in [0.25, 0.3) is 0 Å². The highest BCUT2D eigenvalue weighted by Gasteiger charge is 2.28. The van der Waals surface area contributed by atoms with Gasteiger partial charge in [0.2, 0.25) is 0 Å². The third-order valence-corrected chi connectivity index (χ3v) is 3.76. The van der Waals surface area contributed by atoms with Gasteiger partial charge in [-0.25, -0.2) is 0 Å². The van der Waals surface area contributed by atoms with Crippen LogP contribution in [0.15, 0.2) is 27.1 Å². The number of aliphatic carboxylic acids is 1. The topological polar surface area (TPSA) is 66.8 Å². The fraction of sp³-hybridized carbons (Fsp3) is 0.429. The average molecular weight is 423 g/mol. The van der Waals surface area contributed by atoms with Crippen molar-refractivity contribution in [2.75, 3.05) is 13.2 Å². The molecule has 116 valence electrons. The second-order valence-electron chi connectivity index (χ2n) is 5.41. The zero-order chi connectivity index (χ0) is 16.2. The van der Waals surface area contributed by atoms with E-state index >= 15 is 0 Å². The molecule has 1 aromatic rings. The lowest BCUT2D eigenvalue weighted by Crippen LogP contribution is -2.50. The molecule has 0 spiro atoms. The monoisotopic (exact) mass is 421 g/mol. The average Bonchev–Trinajstić information content (AvgIpc) is 2.33. The van der Waals surface area contributed by atoms with Gasteiger partial charge in [0, 0.05) is 10.0 Å². The van der Waals surface area contributed by atoms with E-state index in [2.05, 4.69) is 31.9 Å². The first-order valence-corrected chi connectivity index (χ1v) is 7.80. The Labute approximate surface area is 140 Å². The van der Waals surface area contributed by atoms with Crippen molar-refractivity contribution in [1.82, 2.24) is 4.90 Å². The van der Waals surface area contributed by atoms with Crippen LogP contribution in [0.4, 0.5) is 0 Å². The summed E-state index contributed by atoms with van der Waals surface area (Å²) < 4.78 is 7.06. The highest BCUT2D eigenvalue weighted by molar-refractivity contribution is 9.11. The second kappa shape index (κ2) is 7.26. The lowest BCUT2D eigenvalue weighted by Gasteiger charge is -2.34. The summed E-state index contributed by atoms with van der Waals surface area (Å²) in [5.41, 5.74) is -0.588. The van der Waals surface area contributed by atoms with E-state index in [1.54, 1.807) is 39.0 Å². The van der Waals surface area contributed by atoms with Gasteiger partial charge in [-0.3, -0.25) is 9.59 Å². The summed E-state index contributed by atoms with van der Waals surface area (Å²) in [6.45, 7) is 4.77. The van der Waals surface area contributed by atoms with Crippen LogP contribution in [-0.2, 0) is 9.59 Å². The smallest absolute Gasteiger partial charge is 0.323 e. The molecular formula is C14H17Br2NO4. The van der Waals surface area contributed by atoms with Crippen LogP contribution in [0.5, 0.6) is 5.75 Å². The summed E-state index contributed by atoms with van der Waals surface area (Å²) in [7, 11) is 0. The van der Waals surface area contributed by atoms with Gasteiger partial charge in [-0.1, -0.05) is 15.9 Å². The summed E-state index contributed by atoms with van der Waals surface area (Å²) in [5.74, 6) is -0.904. The molecule has 1 amide bonds. The Morgan fingerprint density at radius 3 is 2.38 bits per heavy atom. The van der Waals surface area contributed by atoms with E-state index in [4.69, 9.17) is 9.84 Å². The number of amides is 1. The van der Waals surface area contributed by atoms with Gasteiger partial charge < -0.3 is 14.7 Å². The van der Waals surface area contributed by atoms with E-state index in [1.165, 1.54) is 4.90 Å². The van der Waals surface area contributed by atoms with Gasteiger partial charge in [0.25, 0.3) is 5.91 Å². The zero-order valence-electron chi connectivity index (χ0n) is 12.0. The van der Waals surface area contributed by atoms with Crippen LogP contribution in [0, 0.1) is 0 Å². The SMILES string of the molecule is CC(C)(C)N(CC(=O)O)C(=O)COc1ccc(Br)cc1Br. The van der Waals surface area contributed by atoms with E-state index in [9.17, 15) is 9.59 Å². The number of halogens is 2. The van der Waals surface area contributed by atoms with Crippen molar-refractivity contribution in [2.24, 2.45) is 0 Å². The standard InChI is InChI=1S/C14H17Br2NO4/c1-14(2,3)17(7-13(19)20)12(18)8-21-11-5-4-9(15)6-10(11)16/h4-6H,7-8H2,1-3H3,(H,19,20). The zero-order valence-corrected chi connectivity index (χ0v) is 15.2. The number of ether oxygens (including phenoxy) is 1. The van der Waals surface area contributed by atoms with Gasteiger partial charge in [-0.2, -0.15) is 0 Å². The van der Waals surface area contributed by atoms with Gasteiger partial charge in [0.15, 0.2) is 6.61 Å². The molecule has 0 saturated heterocycles. The van der Waals surface area contributed by atoms with Crippen LogP contribution in [0.2, 0.25) is 0 Å². The lowest BCUT2D eigenvalue weighted by atomic mass is 10.1. The first-order chi connectivity index (χ1) is 9.61. The van der Waals surface area contributed by atoms with Crippen molar-refractivity contribution in [3.8, 4) is 5.75 Å². The third-order valence-electron chi connectivity index (χ3n) is 2.65. The maximum Gasteiger partial charge on any atom is 0.323 e. The van der Waals surface area contributed by atoms with Gasteiger partial charge in [-0.05, 0) is 54.9 Å². The maximum atomic E-state index is 12.2. The quantitative estimate of drug-likeness (QED) is 0.790. The first kappa shape index (κ1) is 18.0. The summed E-state index contributed by atoms with van der Waals surface area (Å²) in [6, 6.07) is 5.32. The predicted octanol–water partition coefficient (Wildman–Crippen LogP) is 3.30. The number of hydrogen-bond acceptors (Lipinski definition) is 3. The largest absolute Gasteiger partial charge is 0.483 e. The number of carbonyl (C=O) groups is 2. The first-order valence-electron chi connectivity index (χ1n) is 6.21. The van der Waals surface area contributed by atoms with Crippen LogP contribution < -0.4 is 4.74 Å². The minimum absolute atomic E-state index is 0.217. The fourth-order valence-electron chi connectivity index (χ4n) is 1.64. The second-order valence-corrected chi connectivity index (χ2v) is 7.18. The molecule has 0 bridgehead atoms. The number of nitrogens with zero attached hydrogens (tertiary/aromatic N) is 1. The van der Waals surface area contributed by atoms with Crippen molar-refractivity contribution < 1.29 is 19.4 Å². The maximum absolute atomic E-state index is 12.2. The van der Waals surface area contributed by atoms with Crippen LogP contribution in [-0.4, -0.2) is 40.6 Å². The number of carboxylic acids is 1. The number of rotatable bonds is 5. The molecule has 5 nitrogen and oxygen atoms in total. The fourth-order valence-corrected chi connectivity index (χ4v) is 2.81. The minimum atomic E-state index is -1.05. The van der Waals surface area contributed by atoms with Crippen molar-refractivity contribution >= 4 is 43.7 Å². The third kappa shape index (κ3) is 5.67. The molecule has 0 unspecified atom stereocenters. The molecule has 0 aromatic heterocycles. The number of carbonyl (C=O) groups excluding carboxylic acids is 1. The molecule has 0 heterocycles. The molecule has 0 aliphatic carbocycles. The van der Waals surface area contributed by atoms with Crippen LogP contribution in [0.1, 0.15) is 20.8 Å². The van der Waals surface area contributed by atoms with E-state index in [0.29, 0.717) is 10.2 Å². The van der Waals surface area contributed by atoms with Crippen LogP contribution in [0.3, 0.4) is 0 Å². The van der Waals surface area contributed by atoms with E-state index in [0.717, 1.165) is 4.47 Å². The lowest BCUT2D eigenvalue weighted by molar-refractivity contribution is -0.149. The van der Waals surface area contributed by atoms with Gasteiger partial charge in [0.1, 0.15) is 12.3 Å². The van der Waals surface area contributed by atoms with Gasteiger partial charge in [0.05, 0.1) is 4.47 Å². The molecule has 0 aliphatic heterocycles. The molecule has 0 aliphatic rings. The Kier molecular flexibility index (Phi) is 6.22. The molecule has 1 N–H and O–H groups in total. The van der Waals surface area contributed by atoms with Crippen LogP contribution >= 0.6 is 31.9 Å². The number of benzene rings is 1. The van der Waals surface area contributed by atoms with Crippen molar-refractivity contribution in [3.63, 3.8) is 0 Å². The van der Waals surface area contributed by atoms with E-state index in [-0.39, 0.29) is 19.1 Å². The number of carboxylic acid groups (broad SMARTS) is 1. The van der Waals surface area contributed by atoms with E-state index in [1.807, 2.05) is 0 Å². The Morgan fingerprint density at radius 1 is 1.29 bits per heavy atom. The van der Waals surface area contributed by atoms with E-state index < -0.39 is 11.5 Å². The molecule has 1 aromatic carbocycles. The molecule has 0 atom stereocenters. The number of hydrogen-bond donors (Lipinski definition) is 1.